The van der Waals surface area contributed by atoms with Gasteiger partial charge in [0, 0.05) is 31.7 Å². The van der Waals surface area contributed by atoms with E-state index in [0.717, 1.165) is 0 Å². The normalized spacial score (nSPS) is 22.0. The minimum absolute atomic E-state index is 0. The van der Waals surface area contributed by atoms with Gasteiger partial charge in [0.05, 0.1) is 0 Å². The van der Waals surface area contributed by atoms with Crippen molar-refractivity contribution in [3.8, 4) is 0 Å². The highest BCUT2D eigenvalue weighted by Gasteiger charge is 2.37. The number of piperazine rings is 1. The second-order valence-electron chi connectivity index (χ2n) is 6.86. The van der Waals surface area contributed by atoms with E-state index in [1.165, 1.54) is 83.1 Å². The molecule has 2 fully saturated rings. The van der Waals surface area contributed by atoms with Crippen LogP contribution in [0.25, 0.3) is 0 Å². The van der Waals surface area contributed by atoms with Gasteiger partial charge in [-0.05, 0) is 37.7 Å². The molecule has 1 aromatic rings. The van der Waals surface area contributed by atoms with Crippen LogP contribution in [0.4, 0.5) is 0 Å². The summed E-state index contributed by atoms with van der Waals surface area (Å²) in [4.78, 5) is 2.83. The summed E-state index contributed by atoms with van der Waals surface area (Å²) in [6, 6.07) is 11.0. The van der Waals surface area contributed by atoms with Gasteiger partial charge in [-0.3, -0.25) is 4.90 Å². The molecule has 3 heteroatoms. The Balaban J connectivity index is 0.00000176. The number of rotatable bonds is 5. The summed E-state index contributed by atoms with van der Waals surface area (Å²) in [6.45, 7) is 4.87. The SMILES string of the molecule is Cl.c1ccc(CCCC2(N3CCNCC3)CCCCC2)cc1. The van der Waals surface area contributed by atoms with Crippen LogP contribution in [0.5, 0.6) is 0 Å². The van der Waals surface area contributed by atoms with Crippen molar-refractivity contribution in [2.75, 3.05) is 26.2 Å². The third-order valence-electron chi connectivity index (χ3n) is 5.52. The fourth-order valence-electron chi connectivity index (χ4n) is 4.34. The van der Waals surface area contributed by atoms with Gasteiger partial charge < -0.3 is 5.32 Å². The fraction of sp³-hybridized carbons (Fsp3) is 0.684. The van der Waals surface area contributed by atoms with E-state index >= 15 is 0 Å². The van der Waals surface area contributed by atoms with E-state index in [9.17, 15) is 0 Å². The molecule has 0 spiro atoms. The van der Waals surface area contributed by atoms with Crippen LogP contribution in [-0.2, 0) is 6.42 Å². The van der Waals surface area contributed by atoms with Crippen LogP contribution in [-0.4, -0.2) is 36.6 Å². The highest BCUT2D eigenvalue weighted by Crippen LogP contribution is 2.38. The van der Waals surface area contributed by atoms with Gasteiger partial charge in [0.2, 0.25) is 0 Å². The van der Waals surface area contributed by atoms with Crippen LogP contribution < -0.4 is 5.32 Å². The molecular weight excluding hydrogens is 292 g/mol. The van der Waals surface area contributed by atoms with Crippen molar-refractivity contribution in [2.45, 2.75) is 56.9 Å². The molecule has 2 nitrogen and oxygen atoms in total. The summed E-state index contributed by atoms with van der Waals surface area (Å²) >= 11 is 0. The molecule has 1 aromatic carbocycles. The molecule has 0 unspecified atom stereocenters. The Labute approximate surface area is 142 Å². The van der Waals surface area contributed by atoms with Gasteiger partial charge in [0.25, 0.3) is 0 Å². The van der Waals surface area contributed by atoms with Gasteiger partial charge >= 0.3 is 0 Å². The van der Waals surface area contributed by atoms with E-state index in [4.69, 9.17) is 0 Å². The number of hydrogen-bond acceptors (Lipinski definition) is 2. The molecule has 0 aromatic heterocycles. The van der Waals surface area contributed by atoms with Crippen molar-refractivity contribution in [1.82, 2.24) is 10.2 Å². The van der Waals surface area contributed by atoms with Crippen LogP contribution >= 0.6 is 12.4 Å². The van der Waals surface area contributed by atoms with Crippen LogP contribution in [0.15, 0.2) is 30.3 Å². The standard InChI is InChI=1S/C19H30N2.ClH/c1-3-8-18(9-4-1)10-7-13-19(11-5-2-6-12-19)21-16-14-20-15-17-21;/h1,3-4,8-9,20H,2,5-7,10-17H2;1H. The second kappa shape index (κ2) is 8.90. The van der Waals surface area contributed by atoms with Crippen molar-refractivity contribution in [3.63, 3.8) is 0 Å². The van der Waals surface area contributed by atoms with Gasteiger partial charge in [0.15, 0.2) is 0 Å². The molecule has 1 heterocycles. The second-order valence-corrected chi connectivity index (χ2v) is 6.86. The molecule has 0 atom stereocenters. The first-order valence-electron chi connectivity index (χ1n) is 8.89. The van der Waals surface area contributed by atoms with Crippen molar-refractivity contribution in [1.29, 1.82) is 0 Å². The summed E-state index contributed by atoms with van der Waals surface area (Å²) < 4.78 is 0. The Morgan fingerprint density at radius 3 is 2.32 bits per heavy atom. The topological polar surface area (TPSA) is 15.3 Å². The molecule has 22 heavy (non-hydrogen) atoms. The molecule has 1 N–H and O–H groups in total. The van der Waals surface area contributed by atoms with E-state index < -0.39 is 0 Å². The molecule has 2 aliphatic rings. The Hall–Kier alpha value is -0.570. The molecule has 1 saturated heterocycles. The highest BCUT2D eigenvalue weighted by molar-refractivity contribution is 5.85. The van der Waals surface area contributed by atoms with E-state index in [1.807, 2.05) is 0 Å². The number of hydrogen-bond donors (Lipinski definition) is 1. The Morgan fingerprint density at radius 2 is 1.64 bits per heavy atom. The number of nitrogens with zero attached hydrogens (tertiary/aromatic N) is 1. The van der Waals surface area contributed by atoms with Crippen LogP contribution in [0, 0.1) is 0 Å². The summed E-state index contributed by atoms with van der Waals surface area (Å²) in [7, 11) is 0. The molecule has 0 bridgehead atoms. The lowest BCUT2D eigenvalue weighted by Gasteiger charge is -2.48. The molecule has 1 aliphatic heterocycles. The van der Waals surface area contributed by atoms with Crippen molar-refractivity contribution in [2.24, 2.45) is 0 Å². The lowest BCUT2D eigenvalue weighted by molar-refractivity contribution is 0.0305. The Bertz CT molecular complexity index is 409. The first-order chi connectivity index (χ1) is 10.4. The van der Waals surface area contributed by atoms with Gasteiger partial charge in [-0.2, -0.15) is 0 Å². The average molecular weight is 323 g/mol. The van der Waals surface area contributed by atoms with E-state index in [-0.39, 0.29) is 12.4 Å². The van der Waals surface area contributed by atoms with Crippen molar-refractivity contribution < 1.29 is 0 Å². The number of aryl methyl sites for hydroxylation is 1. The zero-order valence-corrected chi connectivity index (χ0v) is 14.5. The Kier molecular flexibility index (Phi) is 7.20. The molecule has 3 rings (SSSR count). The lowest BCUT2D eigenvalue weighted by Crippen LogP contribution is -2.57. The molecule has 0 radical (unpaired) electrons. The van der Waals surface area contributed by atoms with Crippen LogP contribution in [0.1, 0.15) is 50.5 Å². The van der Waals surface area contributed by atoms with Gasteiger partial charge in [-0.15, -0.1) is 12.4 Å². The fourth-order valence-corrected chi connectivity index (χ4v) is 4.34. The minimum Gasteiger partial charge on any atom is -0.314 e. The number of halogens is 1. The maximum absolute atomic E-state index is 3.51. The maximum atomic E-state index is 3.51. The maximum Gasteiger partial charge on any atom is 0.0210 e. The monoisotopic (exact) mass is 322 g/mol. The molecule has 0 amide bonds. The van der Waals surface area contributed by atoms with E-state index in [2.05, 4.69) is 40.5 Å². The molecule has 1 aliphatic carbocycles. The summed E-state index contributed by atoms with van der Waals surface area (Å²) in [5.41, 5.74) is 2.03. The van der Waals surface area contributed by atoms with Crippen LogP contribution in [0.3, 0.4) is 0 Å². The quantitative estimate of drug-likeness (QED) is 0.880. The first kappa shape index (κ1) is 17.8. The number of benzene rings is 1. The minimum atomic E-state index is 0. The number of nitrogens with one attached hydrogen (secondary N) is 1. The average Bonchev–Trinajstić information content (AvgIpc) is 2.58. The highest BCUT2D eigenvalue weighted by atomic mass is 35.5. The molecule has 1 saturated carbocycles. The van der Waals surface area contributed by atoms with Crippen LogP contribution in [0.2, 0.25) is 0 Å². The van der Waals surface area contributed by atoms with Crippen molar-refractivity contribution >= 4 is 12.4 Å². The molecule has 124 valence electrons. The summed E-state index contributed by atoms with van der Waals surface area (Å²) in [5, 5.41) is 3.51. The Morgan fingerprint density at radius 1 is 0.955 bits per heavy atom. The predicted molar refractivity (Wildman–Crippen MR) is 96.9 cm³/mol. The van der Waals surface area contributed by atoms with Gasteiger partial charge in [-0.25, -0.2) is 0 Å². The third-order valence-corrected chi connectivity index (χ3v) is 5.52. The third kappa shape index (κ3) is 4.47. The van der Waals surface area contributed by atoms with Gasteiger partial charge in [-0.1, -0.05) is 49.6 Å². The largest absolute Gasteiger partial charge is 0.314 e. The van der Waals surface area contributed by atoms with Crippen molar-refractivity contribution in [3.05, 3.63) is 35.9 Å². The predicted octanol–water partition coefficient (Wildman–Crippen LogP) is 4.04. The summed E-state index contributed by atoms with van der Waals surface area (Å²) in [5.74, 6) is 0. The molecular formula is C19H31ClN2. The zero-order valence-electron chi connectivity index (χ0n) is 13.7. The van der Waals surface area contributed by atoms with E-state index in [1.54, 1.807) is 0 Å². The van der Waals surface area contributed by atoms with Gasteiger partial charge in [0.1, 0.15) is 0 Å². The van der Waals surface area contributed by atoms with E-state index in [0.29, 0.717) is 5.54 Å². The smallest absolute Gasteiger partial charge is 0.0210 e. The zero-order chi connectivity index (χ0) is 14.4. The first-order valence-corrected chi connectivity index (χ1v) is 8.89. The lowest BCUT2D eigenvalue weighted by atomic mass is 9.76. The summed E-state index contributed by atoms with van der Waals surface area (Å²) in [6.07, 6.45) is 11.2.